The van der Waals surface area contributed by atoms with Crippen molar-refractivity contribution in [1.29, 1.82) is 0 Å². The minimum absolute atomic E-state index is 0.111. The highest BCUT2D eigenvalue weighted by Gasteiger charge is 2.49. The maximum Gasteiger partial charge on any atom is 0.263 e. The Morgan fingerprint density at radius 3 is 2.52 bits per heavy atom. The number of nitrogens with zero attached hydrogens (tertiary/aromatic N) is 5. The zero-order valence-corrected chi connectivity index (χ0v) is 26.2. The highest BCUT2D eigenvalue weighted by Crippen LogP contribution is 2.40. The van der Waals surface area contributed by atoms with Gasteiger partial charge < -0.3 is 4.52 Å². The average molecular weight is 615 g/mol. The molecule has 6 rings (SSSR count). The summed E-state index contributed by atoms with van der Waals surface area (Å²) in [6.07, 6.45) is 10.1. The minimum Gasteiger partial charge on any atom is -0.359 e. The molecule has 2 aromatic heterocycles. The fourth-order valence-electron chi connectivity index (χ4n) is 6.21. The molecule has 1 aliphatic carbocycles. The number of aryl methyl sites for hydroxylation is 1. The van der Waals surface area contributed by atoms with Crippen LogP contribution in [0, 0.1) is 13.8 Å². The summed E-state index contributed by atoms with van der Waals surface area (Å²) >= 11 is 0. The van der Waals surface area contributed by atoms with Crippen molar-refractivity contribution in [3.8, 4) is 11.1 Å². The Kier molecular flexibility index (Phi) is 8.15. The molecule has 44 heavy (non-hydrogen) atoms. The maximum atomic E-state index is 13.8. The summed E-state index contributed by atoms with van der Waals surface area (Å²) in [6, 6.07) is 14.8. The Hall–Kier alpha value is -4.25. The molecule has 1 spiro atoms. The van der Waals surface area contributed by atoms with Gasteiger partial charge in [-0.05, 0) is 61.9 Å². The Morgan fingerprint density at radius 2 is 1.82 bits per heavy atom. The first-order chi connectivity index (χ1) is 21.2. The second kappa shape index (κ2) is 12.0. The van der Waals surface area contributed by atoms with Crippen LogP contribution in [0.15, 0.2) is 75.3 Å². The van der Waals surface area contributed by atoms with E-state index < -0.39 is 15.6 Å². The number of amides is 1. The summed E-state index contributed by atoms with van der Waals surface area (Å²) in [5.74, 6) is 1.71. The van der Waals surface area contributed by atoms with Crippen molar-refractivity contribution >= 4 is 27.6 Å². The van der Waals surface area contributed by atoms with E-state index >= 15 is 0 Å². The Labute approximate surface area is 258 Å². The third-order valence-electron chi connectivity index (χ3n) is 8.74. The smallest absolute Gasteiger partial charge is 0.263 e. The van der Waals surface area contributed by atoms with Crippen LogP contribution in [0.4, 0.5) is 5.82 Å². The monoisotopic (exact) mass is 614 g/mol. The first-order valence-electron chi connectivity index (χ1n) is 15.3. The van der Waals surface area contributed by atoms with Gasteiger partial charge in [0.1, 0.15) is 17.1 Å². The highest BCUT2D eigenvalue weighted by atomic mass is 32.2. The summed E-state index contributed by atoms with van der Waals surface area (Å²) in [6.45, 7) is 6.48. The molecule has 1 saturated carbocycles. The lowest BCUT2D eigenvalue weighted by Gasteiger charge is -2.23. The number of nitrogens with one attached hydrogen (secondary N) is 1. The van der Waals surface area contributed by atoms with E-state index in [1.54, 1.807) is 38.2 Å². The van der Waals surface area contributed by atoms with Gasteiger partial charge in [0.25, 0.3) is 15.9 Å². The van der Waals surface area contributed by atoms with E-state index in [2.05, 4.69) is 28.0 Å². The average Bonchev–Trinajstić information content (AvgIpc) is 3.82. The zero-order valence-electron chi connectivity index (χ0n) is 25.4. The predicted octanol–water partition coefficient (Wildman–Crippen LogP) is 6.25. The Bertz CT molecular complexity index is 1800. The van der Waals surface area contributed by atoms with E-state index in [0.717, 1.165) is 67.5 Å². The Balaban J connectivity index is 1.37. The molecule has 4 aromatic rings. The van der Waals surface area contributed by atoms with Crippen LogP contribution in [0.5, 0.6) is 0 Å². The highest BCUT2D eigenvalue weighted by molar-refractivity contribution is 7.92. The lowest BCUT2D eigenvalue weighted by molar-refractivity contribution is -0.131. The molecule has 2 aliphatic rings. The maximum absolute atomic E-state index is 13.8. The zero-order chi connectivity index (χ0) is 30.9. The van der Waals surface area contributed by atoms with Crippen molar-refractivity contribution in [3.63, 3.8) is 0 Å². The molecule has 230 valence electrons. The SMILES string of the molecule is CCCCC1=NC2(CCCC2)C(=O)N1Cc1ccc(-c2ccccc2S(=O)(=O)Nc2noc(C)c2C)c(Cn2cccn2)c1. The van der Waals surface area contributed by atoms with E-state index in [4.69, 9.17) is 9.52 Å². The number of amidine groups is 1. The van der Waals surface area contributed by atoms with Crippen molar-refractivity contribution < 1.29 is 17.7 Å². The summed E-state index contributed by atoms with van der Waals surface area (Å²) in [4.78, 5) is 20.8. The fraction of sp³-hybridized carbons (Fsp3) is 0.394. The van der Waals surface area contributed by atoms with Crippen LogP contribution in [0.2, 0.25) is 0 Å². The second-order valence-electron chi connectivity index (χ2n) is 11.8. The van der Waals surface area contributed by atoms with Crippen LogP contribution in [0.1, 0.15) is 74.3 Å². The van der Waals surface area contributed by atoms with Crippen LogP contribution in [-0.4, -0.2) is 45.5 Å². The van der Waals surface area contributed by atoms with Crippen LogP contribution < -0.4 is 4.72 Å². The standard InChI is InChI=1S/C33H38N6O4S/c1-4-5-13-30-35-33(16-8-9-17-33)32(40)39(30)21-25-14-15-27(26(20-25)22-38-19-10-18-34-38)28-11-6-7-12-29(28)44(41,42)37-31-23(2)24(3)43-36-31/h6-7,10-12,14-15,18-20H,4-5,8-9,13,16-17,21-22H2,1-3H3,(H,36,37). The molecule has 0 bridgehead atoms. The summed E-state index contributed by atoms with van der Waals surface area (Å²) < 4.78 is 37.0. The van der Waals surface area contributed by atoms with Gasteiger partial charge in [-0.15, -0.1) is 0 Å². The van der Waals surface area contributed by atoms with Gasteiger partial charge in [-0.2, -0.15) is 5.10 Å². The number of anilines is 1. The van der Waals surface area contributed by atoms with Crippen molar-refractivity contribution in [3.05, 3.63) is 83.4 Å². The number of benzene rings is 2. The molecular formula is C33H38N6O4S. The molecule has 1 N–H and O–H groups in total. The topological polar surface area (TPSA) is 123 Å². The molecule has 10 nitrogen and oxygen atoms in total. The number of sulfonamides is 1. The number of carbonyl (C=O) groups is 1. The number of hydrogen-bond acceptors (Lipinski definition) is 7. The predicted molar refractivity (Wildman–Crippen MR) is 169 cm³/mol. The van der Waals surface area contributed by atoms with Gasteiger partial charge in [0.2, 0.25) is 0 Å². The van der Waals surface area contributed by atoms with Crippen LogP contribution in [0.3, 0.4) is 0 Å². The van der Waals surface area contributed by atoms with Crippen molar-refractivity contribution in [1.82, 2.24) is 19.8 Å². The number of aliphatic imine (C=N–C) groups is 1. The number of rotatable bonds is 11. The van der Waals surface area contributed by atoms with Gasteiger partial charge in [-0.25, -0.2) is 8.42 Å². The number of hydrogen-bond donors (Lipinski definition) is 1. The molecule has 0 radical (unpaired) electrons. The molecule has 1 aliphatic heterocycles. The second-order valence-corrected chi connectivity index (χ2v) is 13.4. The number of carbonyl (C=O) groups excluding carboxylic acids is 1. The summed E-state index contributed by atoms with van der Waals surface area (Å²) in [5, 5.41) is 8.30. The van der Waals surface area contributed by atoms with E-state index in [-0.39, 0.29) is 16.6 Å². The van der Waals surface area contributed by atoms with Crippen molar-refractivity contribution in [2.45, 2.75) is 89.2 Å². The number of unbranched alkanes of at least 4 members (excludes halogenated alkanes) is 1. The van der Waals surface area contributed by atoms with Crippen LogP contribution in [-0.2, 0) is 27.9 Å². The van der Waals surface area contributed by atoms with Gasteiger partial charge in [0.05, 0.1) is 18.0 Å². The van der Waals surface area contributed by atoms with E-state index in [1.165, 1.54) is 0 Å². The summed E-state index contributed by atoms with van der Waals surface area (Å²) in [5.41, 5.74) is 3.19. The molecule has 2 aromatic carbocycles. The molecule has 0 saturated heterocycles. The van der Waals surface area contributed by atoms with Crippen LogP contribution >= 0.6 is 0 Å². The fourth-order valence-corrected chi connectivity index (χ4v) is 7.49. The van der Waals surface area contributed by atoms with Crippen molar-refractivity contribution in [2.75, 3.05) is 4.72 Å². The van der Waals surface area contributed by atoms with Gasteiger partial charge in [0, 0.05) is 29.9 Å². The molecule has 0 unspecified atom stereocenters. The van der Waals surface area contributed by atoms with E-state index in [9.17, 15) is 13.2 Å². The third kappa shape index (κ3) is 5.68. The normalized spacial score (nSPS) is 16.2. The van der Waals surface area contributed by atoms with Crippen molar-refractivity contribution in [2.24, 2.45) is 4.99 Å². The molecule has 3 heterocycles. The third-order valence-corrected chi connectivity index (χ3v) is 10.1. The lowest BCUT2D eigenvalue weighted by atomic mass is 9.96. The molecule has 1 amide bonds. The summed E-state index contributed by atoms with van der Waals surface area (Å²) in [7, 11) is -4.01. The molecular weight excluding hydrogens is 576 g/mol. The van der Waals surface area contributed by atoms with Gasteiger partial charge >= 0.3 is 0 Å². The lowest BCUT2D eigenvalue weighted by Crippen LogP contribution is -2.40. The largest absolute Gasteiger partial charge is 0.359 e. The first-order valence-corrected chi connectivity index (χ1v) is 16.7. The van der Waals surface area contributed by atoms with E-state index in [0.29, 0.717) is 30.0 Å². The minimum atomic E-state index is -4.01. The number of aromatic nitrogens is 3. The molecule has 11 heteroatoms. The quantitative estimate of drug-likeness (QED) is 0.213. The van der Waals surface area contributed by atoms with Gasteiger partial charge in [-0.1, -0.05) is 67.7 Å². The van der Waals surface area contributed by atoms with Gasteiger partial charge in [0.15, 0.2) is 5.82 Å². The molecule has 0 atom stereocenters. The van der Waals surface area contributed by atoms with Crippen LogP contribution in [0.25, 0.3) is 11.1 Å². The molecule has 1 fully saturated rings. The van der Waals surface area contributed by atoms with E-state index in [1.807, 2.05) is 40.0 Å². The first kappa shape index (κ1) is 29.8. The Morgan fingerprint density at radius 1 is 1.02 bits per heavy atom. The van der Waals surface area contributed by atoms with Gasteiger partial charge in [-0.3, -0.25) is 24.1 Å².